The summed E-state index contributed by atoms with van der Waals surface area (Å²) in [5.41, 5.74) is 1.26. The van der Waals surface area contributed by atoms with Gasteiger partial charge in [0.05, 0.1) is 13.2 Å². The van der Waals surface area contributed by atoms with Crippen LogP contribution in [0.15, 0.2) is 42.5 Å². The molecule has 0 saturated carbocycles. The number of anilines is 1. The van der Waals surface area contributed by atoms with Crippen LogP contribution in [0.3, 0.4) is 0 Å². The van der Waals surface area contributed by atoms with Crippen LogP contribution >= 0.6 is 0 Å². The Morgan fingerprint density at radius 2 is 1.88 bits per heavy atom. The molecule has 8 nitrogen and oxygen atoms in total. The second-order valence-electron chi connectivity index (χ2n) is 7.40. The van der Waals surface area contributed by atoms with Crippen LogP contribution in [0.2, 0.25) is 0 Å². The van der Waals surface area contributed by atoms with Gasteiger partial charge in [0.1, 0.15) is 0 Å². The maximum atomic E-state index is 12.0. The Labute approximate surface area is 187 Å². The number of hydrogen-bond acceptors (Lipinski definition) is 7. The van der Waals surface area contributed by atoms with Gasteiger partial charge in [0, 0.05) is 17.8 Å². The number of fused-ring (bicyclic) bond motifs is 1. The van der Waals surface area contributed by atoms with Gasteiger partial charge < -0.3 is 29.0 Å². The van der Waals surface area contributed by atoms with Crippen LogP contribution in [-0.4, -0.2) is 38.5 Å². The highest BCUT2D eigenvalue weighted by molar-refractivity contribution is 5.94. The molecule has 0 spiro atoms. The van der Waals surface area contributed by atoms with Crippen molar-refractivity contribution in [3.05, 3.63) is 48.0 Å². The fourth-order valence-corrected chi connectivity index (χ4v) is 2.79. The molecule has 8 heteroatoms. The predicted molar refractivity (Wildman–Crippen MR) is 119 cm³/mol. The van der Waals surface area contributed by atoms with E-state index in [0.29, 0.717) is 47.8 Å². The SMILES string of the molecule is CCOc1cc(C=CC(=O)OCC(=O)Nc2ccc3c(c2)OCO3)ccc1OCC(C)C. The van der Waals surface area contributed by atoms with E-state index in [2.05, 4.69) is 19.2 Å². The molecule has 1 aliphatic heterocycles. The molecule has 1 heterocycles. The van der Waals surface area contributed by atoms with Crippen LogP contribution in [0, 0.1) is 5.92 Å². The lowest BCUT2D eigenvalue weighted by Gasteiger charge is -2.14. The fourth-order valence-electron chi connectivity index (χ4n) is 2.79. The molecule has 170 valence electrons. The van der Waals surface area contributed by atoms with Crippen molar-refractivity contribution in [3.8, 4) is 23.0 Å². The van der Waals surface area contributed by atoms with Crippen molar-refractivity contribution < 1.29 is 33.3 Å². The Morgan fingerprint density at radius 1 is 1.06 bits per heavy atom. The molecule has 0 atom stereocenters. The van der Waals surface area contributed by atoms with Gasteiger partial charge >= 0.3 is 5.97 Å². The summed E-state index contributed by atoms with van der Waals surface area (Å²) in [5.74, 6) is 1.72. The first-order valence-electron chi connectivity index (χ1n) is 10.4. The maximum absolute atomic E-state index is 12.0. The van der Waals surface area contributed by atoms with E-state index in [1.165, 1.54) is 6.08 Å². The quantitative estimate of drug-likeness (QED) is 0.439. The van der Waals surface area contributed by atoms with Gasteiger partial charge in [0.15, 0.2) is 29.6 Å². The summed E-state index contributed by atoms with van der Waals surface area (Å²) in [6.45, 7) is 6.83. The highest BCUT2D eigenvalue weighted by Crippen LogP contribution is 2.34. The molecule has 0 aliphatic carbocycles. The van der Waals surface area contributed by atoms with Crippen LogP contribution in [0.4, 0.5) is 5.69 Å². The monoisotopic (exact) mass is 441 g/mol. The first-order valence-corrected chi connectivity index (χ1v) is 10.4. The molecule has 0 unspecified atom stereocenters. The Morgan fingerprint density at radius 3 is 2.66 bits per heavy atom. The minimum atomic E-state index is -0.635. The van der Waals surface area contributed by atoms with E-state index in [1.807, 2.05) is 13.0 Å². The second-order valence-corrected chi connectivity index (χ2v) is 7.40. The highest BCUT2D eigenvalue weighted by Gasteiger charge is 2.14. The molecule has 0 radical (unpaired) electrons. The van der Waals surface area contributed by atoms with Crippen LogP contribution in [0.1, 0.15) is 26.3 Å². The molecule has 3 rings (SSSR count). The number of hydrogen-bond donors (Lipinski definition) is 1. The number of esters is 1. The molecule has 0 fully saturated rings. The number of carbonyl (C=O) groups excluding carboxylic acids is 2. The van der Waals surface area contributed by atoms with E-state index >= 15 is 0 Å². The van der Waals surface area contributed by atoms with E-state index in [4.69, 9.17) is 23.7 Å². The average Bonchev–Trinajstić information content (AvgIpc) is 3.23. The Bertz CT molecular complexity index is 984. The van der Waals surface area contributed by atoms with Crippen molar-refractivity contribution in [1.29, 1.82) is 0 Å². The minimum absolute atomic E-state index is 0.149. The summed E-state index contributed by atoms with van der Waals surface area (Å²) in [6.07, 6.45) is 2.85. The van der Waals surface area contributed by atoms with Gasteiger partial charge in [-0.25, -0.2) is 4.79 Å². The molecule has 2 aromatic rings. The lowest BCUT2D eigenvalue weighted by Crippen LogP contribution is -2.20. The second kappa shape index (κ2) is 11.1. The molecular weight excluding hydrogens is 414 g/mol. The van der Waals surface area contributed by atoms with Crippen LogP contribution in [-0.2, 0) is 14.3 Å². The number of nitrogens with one attached hydrogen (secondary N) is 1. The molecule has 1 amide bonds. The predicted octanol–water partition coefficient (Wildman–Crippen LogP) is 4.04. The largest absolute Gasteiger partial charge is 0.490 e. The smallest absolute Gasteiger partial charge is 0.331 e. The van der Waals surface area contributed by atoms with Crippen molar-refractivity contribution in [3.63, 3.8) is 0 Å². The molecule has 1 N–H and O–H groups in total. The number of carbonyl (C=O) groups is 2. The molecule has 32 heavy (non-hydrogen) atoms. The molecular formula is C24H27NO7. The van der Waals surface area contributed by atoms with E-state index < -0.39 is 18.5 Å². The van der Waals surface area contributed by atoms with E-state index in [-0.39, 0.29) is 6.79 Å². The number of rotatable bonds is 10. The molecule has 2 aromatic carbocycles. The van der Waals surface area contributed by atoms with E-state index in [9.17, 15) is 9.59 Å². The minimum Gasteiger partial charge on any atom is -0.490 e. The summed E-state index contributed by atoms with van der Waals surface area (Å²) >= 11 is 0. The maximum Gasteiger partial charge on any atom is 0.331 e. The fraction of sp³-hybridized carbons (Fsp3) is 0.333. The van der Waals surface area contributed by atoms with E-state index in [1.54, 1.807) is 36.4 Å². The first-order chi connectivity index (χ1) is 15.4. The third-order valence-electron chi connectivity index (χ3n) is 4.25. The average molecular weight is 441 g/mol. The molecule has 0 saturated heterocycles. The standard InChI is InChI=1S/C24H27NO7/c1-4-28-21-11-17(5-8-19(21)29-13-16(2)3)6-10-24(27)30-14-23(26)25-18-7-9-20-22(12-18)32-15-31-20/h5-12,16H,4,13-15H2,1-3H3,(H,25,26). The van der Waals surface area contributed by atoms with Gasteiger partial charge in [0.25, 0.3) is 5.91 Å². The topological polar surface area (TPSA) is 92.3 Å². The molecule has 1 aliphatic rings. The molecule has 0 aromatic heterocycles. The Balaban J connectivity index is 1.50. The van der Waals surface area contributed by atoms with Crippen molar-refractivity contribution in [2.75, 3.05) is 31.9 Å². The lowest BCUT2D eigenvalue weighted by atomic mass is 10.2. The highest BCUT2D eigenvalue weighted by atomic mass is 16.7. The van der Waals surface area contributed by atoms with Gasteiger partial charge in [-0.15, -0.1) is 0 Å². The number of amides is 1. The summed E-state index contributed by atoms with van der Waals surface area (Å²) < 4.78 is 26.9. The van der Waals surface area contributed by atoms with Gasteiger partial charge in [-0.05, 0) is 48.7 Å². The van der Waals surface area contributed by atoms with Crippen LogP contribution in [0.5, 0.6) is 23.0 Å². The number of benzene rings is 2. The van der Waals surface area contributed by atoms with Gasteiger partial charge in [0.2, 0.25) is 6.79 Å². The summed E-state index contributed by atoms with van der Waals surface area (Å²) in [5, 5.41) is 2.64. The zero-order valence-electron chi connectivity index (χ0n) is 18.4. The molecule has 0 bridgehead atoms. The normalized spacial score (nSPS) is 12.1. The van der Waals surface area contributed by atoms with Crippen molar-refractivity contribution in [2.24, 2.45) is 5.92 Å². The summed E-state index contributed by atoms with van der Waals surface area (Å²) in [4.78, 5) is 24.0. The van der Waals surface area contributed by atoms with Crippen molar-refractivity contribution >= 4 is 23.6 Å². The van der Waals surface area contributed by atoms with Gasteiger partial charge in [-0.1, -0.05) is 19.9 Å². The van der Waals surface area contributed by atoms with Crippen LogP contribution < -0.4 is 24.3 Å². The number of ether oxygens (including phenoxy) is 5. The third-order valence-corrected chi connectivity index (χ3v) is 4.25. The lowest BCUT2D eigenvalue weighted by molar-refractivity contribution is -0.142. The van der Waals surface area contributed by atoms with Gasteiger partial charge in [-0.3, -0.25) is 4.79 Å². The van der Waals surface area contributed by atoms with E-state index in [0.717, 1.165) is 5.56 Å². The Kier molecular flexibility index (Phi) is 7.96. The van der Waals surface area contributed by atoms with Crippen molar-refractivity contribution in [2.45, 2.75) is 20.8 Å². The summed E-state index contributed by atoms with van der Waals surface area (Å²) in [7, 11) is 0. The third kappa shape index (κ3) is 6.66. The zero-order valence-corrected chi connectivity index (χ0v) is 18.4. The van der Waals surface area contributed by atoms with Gasteiger partial charge in [-0.2, -0.15) is 0 Å². The van der Waals surface area contributed by atoms with Crippen LogP contribution in [0.25, 0.3) is 6.08 Å². The zero-order chi connectivity index (χ0) is 22.9. The summed E-state index contributed by atoms with van der Waals surface area (Å²) in [6, 6.07) is 10.4. The van der Waals surface area contributed by atoms with Crippen molar-refractivity contribution in [1.82, 2.24) is 0 Å². The Hall–Kier alpha value is -3.68. The first kappa shape index (κ1) is 23.0.